The van der Waals surface area contributed by atoms with Crippen molar-refractivity contribution in [2.75, 3.05) is 39.4 Å². The molecule has 0 unspecified atom stereocenters. The van der Waals surface area contributed by atoms with E-state index in [1.54, 1.807) is 58.9 Å². The smallest absolute Gasteiger partial charge is 0.408 e. The van der Waals surface area contributed by atoms with Crippen molar-refractivity contribution in [1.29, 1.82) is 0 Å². The minimum absolute atomic E-state index is 0.101. The Hall–Kier alpha value is -2.62. The number of hydrogen-bond acceptors (Lipinski definition) is 7. The van der Waals surface area contributed by atoms with Crippen molar-refractivity contribution in [3.8, 4) is 0 Å². The van der Waals surface area contributed by atoms with Gasteiger partial charge in [-0.05, 0) is 52.3 Å². The summed E-state index contributed by atoms with van der Waals surface area (Å²) >= 11 is 0. The summed E-state index contributed by atoms with van der Waals surface area (Å²) in [5.41, 5.74) is -0.118. The van der Waals surface area contributed by atoms with Crippen LogP contribution in [0.25, 0.3) is 0 Å². The van der Waals surface area contributed by atoms with Gasteiger partial charge in [-0.25, -0.2) is 9.59 Å². The summed E-state index contributed by atoms with van der Waals surface area (Å²) < 4.78 is 29.4. The van der Waals surface area contributed by atoms with Crippen molar-refractivity contribution in [3.05, 3.63) is 29.8 Å². The number of carboxylic acid groups (broad SMARTS) is 1. The third-order valence-corrected chi connectivity index (χ3v) is 7.22. The lowest BCUT2D eigenvalue weighted by Crippen LogP contribution is -2.56. The van der Waals surface area contributed by atoms with Crippen molar-refractivity contribution in [1.82, 2.24) is 15.1 Å². The number of hydrogen-bond donors (Lipinski definition) is 2. The largest absolute Gasteiger partial charge is 0.465 e. The molecule has 0 aromatic heterocycles. The van der Waals surface area contributed by atoms with E-state index in [2.05, 4.69) is 5.32 Å². The predicted octanol–water partition coefficient (Wildman–Crippen LogP) is 2.84. The highest BCUT2D eigenvalue weighted by Crippen LogP contribution is 2.46. The monoisotopic (exact) mass is 513 g/mol. The maximum atomic E-state index is 13.4. The number of carbonyl (C=O) groups is 3. The normalized spacial score (nSPS) is 15.5. The first kappa shape index (κ1) is 28.6. The average molecular weight is 514 g/mol. The Labute approximate surface area is 206 Å². The third kappa shape index (κ3) is 8.52. The van der Waals surface area contributed by atoms with Gasteiger partial charge >= 0.3 is 19.8 Å². The van der Waals surface area contributed by atoms with E-state index in [1.165, 1.54) is 9.80 Å². The van der Waals surface area contributed by atoms with Crippen LogP contribution in [0.5, 0.6) is 0 Å². The molecule has 0 radical (unpaired) electrons. The second-order valence-corrected chi connectivity index (χ2v) is 11.0. The van der Waals surface area contributed by atoms with Gasteiger partial charge in [0.1, 0.15) is 11.6 Å². The van der Waals surface area contributed by atoms with Crippen LogP contribution in [-0.4, -0.2) is 84.0 Å². The van der Waals surface area contributed by atoms with E-state index in [9.17, 15) is 18.9 Å². The van der Waals surface area contributed by atoms with Gasteiger partial charge in [-0.1, -0.05) is 12.1 Å². The number of carbonyl (C=O) groups excluding carboxylic acids is 2. The zero-order valence-electron chi connectivity index (χ0n) is 21.0. The fourth-order valence-electron chi connectivity index (χ4n) is 3.60. The molecule has 0 saturated carbocycles. The first-order valence-corrected chi connectivity index (χ1v) is 13.2. The number of rotatable bonds is 9. The fourth-order valence-corrected chi connectivity index (χ4v) is 5.25. The van der Waals surface area contributed by atoms with Crippen LogP contribution in [0.1, 0.15) is 40.2 Å². The summed E-state index contributed by atoms with van der Waals surface area (Å²) in [6, 6.07) is 5.75. The third-order valence-electron chi connectivity index (χ3n) is 5.12. The van der Waals surface area contributed by atoms with Crippen LogP contribution in [0.4, 0.5) is 9.59 Å². The molecule has 1 heterocycles. The standard InChI is InChI=1S/C23H36N3O8P/c1-6-32-35(31,33-7-2)18-10-8-9-17(15-18)16-19(24-21(28)34-23(3,4)5)20(27)25-11-13-26(14-12-25)22(29)30/h8-10,15,19H,6-7,11-14,16H2,1-5H3,(H,24,28)(H,29,30)/t19-/m0/s1. The molecule has 0 bridgehead atoms. The molecule has 1 aliphatic rings. The van der Waals surface area contributed by atoms with Gasteiger partial charge < -0.3 is 34.0 Å². The molecule has 3 amide bonds. The van der Waals surface area contributed by atoms with Gasteiger partial charge in [0.2, 0.25) is 5.91 Å². The summed E-state index contributed by atoms with van der Waals surface area (Å²) in [4.78, 5) is 39.8. The number of ether oxygens (including phenoxy) is 1. The number of nitrogens with zero attached hydrogens (tertiary/aromatic N) is 2. The van der Waals surface area contributed by atoms with Crippen molar-refractivity contribution in [3.63, 3.8) is 0 Å². The van der Waals surface area contributed by atoms with Crippen LogP contribution in [0.2, 0.25) is 0 Å². The lowest BCUT2D eigenvalue weighted by Gasteiger charge is -2.35. The number of amides is 3. The molecule has 2 N–H and O–H groups in total. The molecule has 1 aliphatic heterocycles. The zero-order valence-corrected chi connectivity index (χ0v) is 21.9. The molecule has 196 valence electrons. The topological polar surface area (TPSA) is 135 Å². The van der Waals surface area contributed by atoms with E-state index in [-0.39, 0.29) is 51.7 Å². The van der Waals surface area contributed by atoms with E-state index in [0.29, 0.717) is 10.9 Å². The molecule has 12 heteroatoms. The summed E-state index contributed by atoms with van der Waals surface area (Å²) in [7, 11) is -3.53. The van der Waals surface area contributed by atoms with Gasteiger partial charge in [0.25, 0.3) is 0 Å². The van der Waals surface area contributed by atoms with Gasteiger partial charge in [0.15, 0.2) is 0 Å². The van der Waals surface area contributed by atoms with Crippen LogP contribution in [0, 0.1) is 0 Å². The summed E-state index contributed by atoms with van der Waals surface area (Å²) in [6.45, 7) is 9.78. The minimum Gasteiger partial charge on any atom is -0.465 e. The lowest BCUT2D eigenvalue weighted by atomic mass is 10.0. The van der Waals surface area contributed by atoms with Crippen LogP contribution < -0.4 is 10.6 Å². The van der Waals surface area contributed by atoms with Crippen LogP contribution >= 0.6 is 7.60 Å². The fraction of sp³-hybridized carbons (Fsp3) is 0.609. The summed E-state index contributed by atoms with van der Waals surface area (Å²) in [5.74, 6) is -0.357. The van der Waals surface area contributed by atoms with Gasteiger partial charge in [-0.15, -0.1) is 0 Å². The van der Waals surface area contributed by atoms with E-state index in [0.717, 1.165) is 0 Å². The van der Waals surface area contributed by atoms with E-state index in [4.69, 9.17) is 18.9 Å². The van der Waals surface area contributed by atoms with Gasteiger partial charge in [-0.2, -0.15) is 0 Å². The van der Waals surface area contributed by atoms with E-state index < -0.39 is 31.4 Å². The second-order valence-electron chi connectivity index (χ2n) is 9.00. The minimum atomic E-state index is -3.53. The SMILES string of the molecule is CCOP(=O)(OCC)c1cccc(C[C@H](NC(=O)OC(C)(C)C)C(=O)N2CCN(C(=O)O)CC2)c1. The maximum absolute atomic E-state index is 13.4. The molecule has 1 aromatic carbocycles. The second kappa shape index (κ2) is 12.4. The van der Waals surface area contributed by atoms with Crippen LogP contribution in [0.15, 0.2) is 24.3 Å². The van der Waals surface area contributed by atoms with Crippen LogP contribution in [-0.2, 0) is 29.6 Å². The van der Waals surface area contributed by atoms with Crippen LogP contribution in [0.3, 0.4) is 0 Å². The Kier molecular flexibility index (Phi) is 10.1. The Balaban J connectivity index is 2.27. The molecule has 1 fully saturated rings. The van der Waals surface area contributed by atoms with Crippen molar-refractivity contribution in [2.24, 2.45) is 0 Å². The lowest BCUT2D eigenvalue weighted by molar-refractivity contribution is -0.135. The molecule has 1 saturated heterocycles. The number of nitrogens with one attached hydrogen (secondary N) is 1. The zero-order chi connectivity index (χ0) is 26.2. The molecule has 1 atom stereocenters. The molecule has 1 aromatic rings. The Morgan fingerprint density at radius 2 is 1.63 bits per heavy atom. The first-order valence-electron chi connectivity index (χ1n) is 11.6. The molecule has 2 rings (SSSR count). The highest BCUT2D eigenvalue weighted by Gasteiger charge is 2.32. The van der Waals surface area contributed by atoms with Gasteiger partial charge in [0.05, 0.1) is 18.5 Å². The van der Waals surface area contributed by atoms with E-state index >= 15 is 0 Å². The highest BCUT2D eigenvalue weighted by molar-refractivity contribution is 7.62. The Morgan fingerprint density at radius 3 is 2.14 bits per heavy atom. The summed E-state index contributed by atoms with van der Waals surface area (Å²) in [6.07, 6.45) is -1.68. The quantitative estimate of drug-likeness (QED) is 0.482. The van der Waals surface area contributed by atoms with Crippen molar-refractivity contribution >= 4 is 31.0 Å². The van der Waals surface area contributed by atoms with Gasteiger partial charge in [-0.3, -0.25) is 9.36 Å². The molecule has 0 spiro atoms. The van der Waals surface area contributed by atoms with Gasteiger partial charge in [0, 0.05) is 32.6 Å². The van der Waals surface area contributed by atoms with Crippen molar-refractivity contribution < 1.29 is 37.8 Å². The first-order chi connectivity index (χ1) is 16.4. The molecular weight excluding hydrogens is 477 g/mol. The molecule has 0 aliphatic carbocycles. The predicted molar refractivity (Wildman–Crippen MR) is 130 cm³/mol. The number of alkyl carbamates (subject to hydrolysis) is 1. The van der Waals surface area contributed by atoms with E-state index in [1.807, 2.05) is 0 Å². The Morgan fingerprint density at radius 1 is 1.06 bits per heavy atom. The molecule has 11 nitrogen and oxygen atoms in total. The molecular formula is C23H36N3O8P. The average Bonchev–Trinajstić information content (AvgIpc) is 2.77. The summed E-state index contributed by atoms with van der Waals surface area (Å²) in [5, 5.41) is 12.2. The maximum Gasteiger partial charge on any atom is 0.408 e. The number of piperazine rings is 1. The Bertz CT molecular complexity index is 931. The molecule has 35 heavy (non-hydrogen) atoms. The number of benzene rings is 1. The highest BCUT2D eigenvalue weighted by atomic mass is 31.2. The van der Waals surface area contributed by atoms with Crippen molar-refractivity contribution in [2.45, 2.75) is 52.7 Å².